The number of anilines is 1. The Bertz CT molecular complexity index is 634. The van der Waals surface area contributed by atoms with Crippen molar-refractivity contribution in [3.8, 4) is 0 Å². The first kappa shape index (κ1) is 12.5. The molecule has 2 heterocycles. The first-order valence-electron chi connectivity index (χ1n) is 4.51. The topological polar surface area (TPSA) is 68.1 Å². The van der Waals surface area contributed by atoms with Gasteiger partial charge in [0.05, 0.1) is 10.7 Å². The Balaban J connectivity index is 2.44. The summed E-state index contributed by atoms with van der Waals surface area (Å²) in [5.41, 5.74) is 0. The molecule has 0 aromatic carbocycles. The monoisotopic (exact) mass is 336 g/mol. The number of hydrogen-bond acceptors (Lipinski definition) is 5. The van der Waals surface area contributed by atoms with Crippen LogP contribution in [0.1, 0.15) is 0 Å². The maximum atomic E-state index is 12.2. The largest absolute Gasteiger partial charge is 0.277 e. The molecular formula is C8H9BrN4O2S2. The Labute approximate surface area is 111 Å². The fraction of sp³-hybridized carbons (Fsp3) is 0.250. The molecule has 0 fully saturated rings. The lowest BCUT2D eigenvalue weighted by Gasteiger charge is -2.15. The molecule has 0 unspecified atom stereocenters. The van der Waals surface area contributed by atoms with Gasteiger partial charge < -0.3 is 0 Å². The summed E-state index contributed by atoms with van der Waals surface area (Å²) in [6, 6.07) is 1.63. The van der Waals surface area contributed by atoms with E-state index in [0.717, 1.165) is 15.8 Å². The van der Waals surface area contributed by atoms with Gasteiger partial charge in [-0.2, -0.15) is 9.47 Å². The Hall–Kier alpha value is -0.930. The summed E-state index contributed by atoms with van der Waals surface area (Å²) in [4.78, 5) is 0. The van der Waals surface area contributed by atoms with Crippen molar-refractivity contribution in [1.29, 1.82) is 0 Å². The molecule has 2 aromatic heterocycles. The Kier molecular flexibility index (Phi) is 3.23. The average Bonchev–Trinajstić information content (AvgIpc) is 2.86. The zero-order valence-corrected chi connectivity index (χ0v) is 12.3. The molecule has 0 radical (unpaired) electrons. The predicted molar refractivity (Wildman–Crippen MR) is 68.6 cm³/mol. The van der Waals surface area contributed by atoms with Gasteiger partial charge in [0.15, 0.2) is 10.0 Å². The Morgan fingerprint density at radius 3 is 2.71 bits per heavy atom. The Morgan fingerprint density at radius 1 is 1.53 bits per heavy atom. The molecule has 0 aliphatic carbocycles. The van der Waals surface area contributed by atoms with Gasteiger partial charge >= 0.3 is 0 Å². The third-order valence-corrected chi connectivity index (χ3v) is 6.29. The van der Waals surface area contributed by atoms with Crippen LogP contribution < -0.4 is 4.31 Å². The lowest BCUT2D eigenvalue weighted by Crippen LogP contribution is -2.26. The van der Waals surface area contributed by atoms with Gasteiger partial charge in [0.2, 0.25) is 0 Å². The minimum Gasteiger partial charge on any atom is -0.274 e. The van der Waals surface area contributed by atoms with E-state index < -0.39 is 10.0 Å². The number of aryl methyl sites for hydroxylation is 1. The summed E-state index contributed by atoms with van der Waals surface area (Å²) in [7, 11) is -0.409. The summed E-state index contributed by atoms with van der Waals surface area (Å²) in [5.74, 6) is 0.368. The number of rotatable bonds is 3. The first-order valence-corrected chi connectivity index (χ1v) is 7.52. The van der Waals surface area contributed by atoms with Gasteiger partial charge in [0.25, 0.3) is 10.0 Å². The number of hydrogen-bond donors (Lipinski definition) is 0. The van der Waals surface area contributed by atoms with Crippen LogP contribution in [-0.4, -0.2) is 29.6 Å². The molecule has 0 aliphatic rings. The van der Waals surface area contributed by atoms with E-state index in [0.29, 0.717) is 10.3 Å². The molecule has 6 nitrogen and oxygen atoms in total. The predicted octanol–water partition coefficient (Wildman–Crippen LogP) is 1.46. The molecule has 0 aliphatic heterocycles. The molecule has 0 saturated heterocycles. The van der Waals surface area contributed by atoms with Crippen molar-refractivity contribution in [2.45, 2.75) is 4.21 Å². The highest BCUT2D eigenvalue weighted by Gasteiger charge is 2.27. The van der Waals surface area contributed by atoms with Crippen LogP contribution in [-0.2, 0) is 17.1 Å². The lowest BCUT2D eigenvalue weighted by atomic mass is 10.6. The molecule has 17 heavy (non-hydrogen) atoms. The van der Waals surface area contributed by atoms with Crippen molar-refractivity contribution in [3.05, 3.63) is 22.9 Å². The van der Waals surface area contributed by atoms with E-state index in [2.05, 4.69) is 25.4 Å². The van der Waals surface area contributed by atoms with Gasteiger partial charge in [0, 0.05) is 26.4 Å². The van der Waals surface area contributed by atoms with Crippen LogP contribution >= 0.6 is 27.5 Å². The molecule has 2 rings (SSSR count). The molecule has 0 saturated carbocycles. The summed E-state index contributed by atoms with van der Waals surface area (Å²) >= 11 is 4.09. The average molecular weight is 337 g/mol. The van der Waals surface area contributed by atoms with Crippen molar-refractivity contribution in [1.82, 2.24) is 14.2 Å². The second-order valence-electron chi connectivity index (χ2n) is 3.28. The molecule has 2 aromatic rings. The van der Waals surface area contributed by atoms with Crippen molar-refractivity contribution < 1.29 is 8.42 Å². The summed E-state index contributed by atoms with van der Waals surface area (Å²) in [5, 5.41) is 4.05. The Morgan fingerprint density at radius 2 is 2.24 bits per heavy atom. The number of halogens is 1. The third-order valence-electron chi connectivity index (χ3n) is 2.11. The zero-order valence-electron chi connectivity index (χ0n) is 9.03. The van der Waals surface area contributed by atoms with E-state index in [-0.39, 0.29) is 4.21 Å². The number of sulfonamides is 1. The fourth-order valence-electron chi connectivity index (χ4n) is 1.21. The molecular weight excluding hydrogens is 328 g/mol. The van der Waals surface area contributed by atoms with E-state index in [4.69, 9.17) is 0 Å². The molecule has 0 bridgehead atoms. The van der Waals surface area contributed by atoms with Crippen LogP contribution in [0.5, 0.6) is 0 Å². The van der Waals surface area contributed by atoms with E-state index in [1.54, 1.807) is 24.0 Å². The van der Waals surface area contributed by atoms with Gasteiger partial charge in [-0.05, 0) is 27.5 Å². The van der Waals surface area contributed by atoms with Gasteiger partial charge in [-0.3, -0.25) is 8.99 Å². The third kappa shape index (κ3) is 2.22. The van der Waals surface area contributed by atoms with Crippen LogP contribution in [0.25, 0.3) is 0 Å². The first-order chi connectivity index (χ1) is 7.93. The molecule has 0 amide bonds. The van der Waals surface area contributed by atoms with Crippen LogP contribution in [0.3, 0.4) is 0 Å². The van der Waals surface area contributed by atoms with Crippen LogP contribution in [0.4, 0.5) is 5.82 Å². The van der Waals surface area contributed by atoms with Gasteiger partial charge in [-0.1, -0.05) is 0 Å². The highest BCUT2D eigenvalue weighted by molar-refractivity contribution is 9.10. The molecule has 0 spiro atoms. The van der Waals surface area contributed by atoms with Crippen LogP contribution in [0, 0.1) is 0 Å². The maximum Gasteiger partial charge on any atom is 0.277 e. The van der Waals surface area contributed by atoms with Crippen LogP contribution in [0.2, 0.25) is 0 Å². The molecule has 9 heteroatoms. The highest BCUT2D eigenvalue weighted by Crippen LogP contribution is 2.29. The zero-order chi connectivity index (χ0) is 12.6. The normalized spacial score (nSPS) is 11.7. The summed E-state index contributed by atoms with van der Waals surface area (Å²) in [6.45, 7) is 0. The molecule has 0 N–H and O–H groups in total. The number of nitrogens with zero attached hydrogens (tertiary/aromatic N) is 4. The lowest BCUT2D eigenvalue weighted by molar-refractivity contribution is 0.595. The SMILES string of the molecule is CN(c1ccn(C)n1)S(=O)(=O)c1sncc1Br. The smallest absolute Gasteiger partial charge is 0.274 e. The van der Waals surface area contributed by atoms with E-state index in [1.165, 1.54) is 13.2 Å². The second kappa shape index (κ2) is 4.39. The van der Waals surface area contributed by atoms with Crippen molar-refractivity contribution in [2.75, 3.05) is 11.4 Å². The second-order valence-corrected chi connectivity index (χ2v) is 7.10. The molecule has 92 valence electrons. The quantitative estimate of drug-likeness (QED) is 0.850. The van der Waals surface area contributed by atoms with Crippen molar-refractivity contribution in [3.63, 3.8) is 0 Å². The van der Waals surface area contributed by atoms with E-state index in [1.807, 2.05) is 0 Å². The fourth-order valence-corrected chi connectivity index (χ4v) is 4.40. The van der Waals surface area contributed by atoms with Gasteiger partial charge in [0.1, 0.15) is 0 Å². The summed E-state index contributed by atoms with van der Waals surface area (Å²) < 4.78 is 31.6. The standard InChI is InChI=1S/C8H9BrN4O2S2/c1-12-4-3-7(11-12)13(2)17(14,15)8-6(9)5-10-16-8/h3-5H,1-2H3. The maximum absolute atomic E-state index is 12.2. The van der Waals surface area contributed by atoms with Gasteiger partial charge in [-0.25, -0.2) is 8.42 Å². The van der Waals surface area contributed by atoms with Gasteiger partial charge in [-0.15, -0.1) is 0 Å². The highest BCUT2D eigenvalue weighted by atomic mass is 79.9. The van der Waals surface area contributed by atoms with Crippen molar-refractivity contribution >= 4 is 43.3 Å². The van der Waals surface area contributed by atoms with E-state index >= 15 is 0 Å². The number of aromatic nitrogens is 3. The van der Waals surface area contributed by atoms with Crippen LogP contribution in [0.15, 0.2) is 27.1 Å². The minimum absolute atomic E-state index is 0.172. The van der Waals surface area contributed by atoms with Crippen molar-refractivity contribution in [2.24, 2.45) is 7.05 Å². The summed E-state index contributed by atoms with van der Waals surface area (Å²) in [6.07, 6.45) is 3.15. The van der Waals surface area contributed by atoms with E-state index in [9.17, 15) is 8.42 Å². The molecule has 0 atom stereocenters. The minimum atomic E-state index is -3.60.